The lowest BCUT2D eigenvalue weighted by Gasteiger charge is -2.03. The van der Waals surface area contributed by atoms with Gasteiger partial charge in [0.25, 0.3) is 0 Å². The summed E-state index contributed by atoms with van der Waals surface area (Å²) >= 11 is 0. The third kappa shape index (κ3) is 4.60. The summed E-state index contributed by atoms with van der Waals surface area (Å²) in [6.45, 7) is 0. The first-order valence-electron chi connectivity index (χ1n) is 5.84. The number of nitrogens with one attached hydrogen (secondary N) is 1. The van der Waals surface area contributed by atoms with E-state index >= 15 is 0 Å². The molecule has 0 aliphatic carbocycles. The Bertz CT molecular complexity index is 659. The maximum Gasteiger partial charge on any atom is 0.229 e. The van der Waals surface area contributed by atoms with Gasteiger partial charge in [0.05, 0.1) is 6.26 Å². The third-order valence-electron chi connectivity index (χ3n) is 2.48. The van der Waals surface area contributed by atoms with Gasteiger partial charge in [0.15, 0.2) is 0 Å². The van der Waals surface area contributed by atoms with Crippen LogP contribution in [0.4, 0.5) is 5.69 Å². The second kappa shape index (κ2) is 5.71. The topological polar surface area (TPSA) is 46.2 Å². The van der Waals surface area contributed by atoms with E-state index in [0.717, 1.165) is 17.4 Å². The van der Waals surface area contributed by atoms with Crippen molar-refractivity contribution in [1.29, 1.82) is 0 Å². The van der Waals surface area contributed by atoms with Gasteiger partial charge in [0, 0.05) is 5.69 Å². The van der Waals surface area contributed by atoms with Gasteiger partial charge in [0.2, 0.25) is 10.0 Å². The molecule has 19 heavy (non-hydrogen) atoms. The van der Waals surface area contributed by atoms with Crippen LogP contribution < -0.4 is 4.72 Å². The molecule has 0 bridgehead atoms. The van der Waals surface area contributed by atoms with Crippen LogP contribution in [-0.4, -0.2) is 14.7 Å². The van der Waals surface area contributed by atoms with Gasteiger partial charge >= 0.3 is 0 Å². The van der Waals surface area contributed by atoms with Crippen LogP contribution in [0.5, 0.6) is 0 Å². The molecule has 0 aromatic heterocycles. The molecule has 0 spiro atoms. The zero-order valence-electron chi connectivity index (χ0n) is 10.6. The van der Waals surface area contributed by atoms with Gasteiger partial charge in [-0.15, -0.1) is 0 Å². The quantitative estimate of drug-likeness (QED) is 0.869. The molecule has 0 aliphatic rings. The first kappa shape index (κ1) is 13.4. The number of anilines is 1. The van der Waals surface area contributed by atoms with E-state index in [0.29, 0.717) is 5.69 Å². The van der Waals surface area contributed by atoms with Crippen LogP contribution in [0.15, 0.2) is 54.6 Å². The average Bonchev–Trinajstić information content (AvgIpc) is 2.37. The van der Waals surface area contributed by atoms with E-state index in [9.17, 15) is 8.42 Å². The number of hydrogen-bond donors (Lipinski definition) is 1. The predicted octanol–water partition coefficient (Wildman–Crippen LogP) is 3.23. The second-order valence-corrected chi connectivity index (χ2v) is 5.99. The van der Waals surface area contributed by atoms with Gasteiger partial charge in [-0.1, -0.05) is 54.6 Å². The molecular formula is C15H15NO2S. The first-order valence-corrected chi connectivity index (χ1v) is 7.73. The molecule has 0 aliphatic heterocycles. The number of hydrogen-bond acceptors (Lipinski definition) is 2. The molecule has 3 nitrogen and oxygen atoms in total. The summed E-state index contributed by atoms with van der Waals surface area (Å²) in [5.74, 6) is 0. The Morgan fingerprint density at radius 2 is 1.37 bits per heavy atom. The molecule has 2 aromatic rings. The average molecular weight is 273 g/mol. The first-order chi connectivity index (χ1) is 9.03. The molecule has 0 radical (unpaired) electrons. The van der Waals surface area contributed by atoms with Gasteiger partial charge in [-0.2, -0.15) is 0 Å². The fourth-order valence-corrected chi connectivity index (χ4v) is 2.20. The minimum atomic E-state index is -3.21. The molecule has 0 heterocycles. The normalized spacial score (nSPS) is 11.6. The summed E-state index contributed by atoms with van der Waals surface area (Å²) in [7, 11) is -3.21. The number of benzene rings is 2. The van der Waals surface area contributed by atoms with Crippen molar-refractivity contribution in [2.24, 2.45) is 0 Å². The van der Waals surface area contributed by atoms with E-state index in [-0.39, 0.29) is 0 Å². The molecule has 0 atom stereocenters. The van der Waals surface area contributed by atoms with Crippen molar-refractivity contribution in [3.05, 3.63) is 65.7 Å². The second-order valence-electron chi connectivity index (χ2n) is 4.24. The summed E-state index contributed by atoms with van der Waals surface area (Å²) in [6.07, 6.45) is 5.13. The summed E-state index contributed by atoms with van der Waals surface area (Å²) in [5.41, 5.74) is 2.71. The fraction of sp³-hybridized carbons (Fsp3) is 0.0667. The minimum Gasteiger partial charge on any atom is -0.284 e. The van der Waals surface area contributed by atoms with Crippen LogP contribution in [0.3, 0.4) is 0 Å². The highest BCUT2D eigenvalue weighted by Crippen LogP contribution is 2.13. The Morgan fingerprint density at radius 3 is 1.89 bits per heavy atom. The lowest BCUT2D eigenvalue weighted by Crippen LogP contribution is -2.09. The number of sulfonamides is 1. The zero-order valence-corrected chi connectivity index (χ0v) is 11.4. The maximum atomic E-state index is 11.1. The molecule has 4 heteroatoms. The summed E-state index contributed by atoms with van der Waals surface area (Å²) in [4.78, 5) is 0. The molecule has 0 amide bonds. The molecule has 0 unspecified atom stereocenters. The molecular weight excluding hydrogens is 258 g/mol. The summed E-state index contributed by atoms with van der Waals surface area (Å²) in [6, 6.07) is 17.2. The van der Waals surface area contributed by atoms with E-state index in [2.05, 4.69) is 4.72 Å². The molecule has 0 saturated heterocycles. The van der Waals surface area contributed by atoms with Crippen LogP contribution in [0.1, 0.15) is 11.1 Å². The van der Waals surface area contributed by atoms with Crippen LogP contribution in [0, 0.1) is 0 Å². The molecule has 0 fully saturated rings. The van der Waals surface area contributed by atoms with E-state index in [4.69, 9.17) is 0 Å². The molecule has 98 valence electrons. The monoisotopic (exact) mass is 273 g/mol. The molecule has 0 saturated carbocycles. The Hall–Kier alpha value is -2.07. The molecule has 2 aromatic carbocycles. The van der Waals surface area contributed by atoms with Gasteiger partial charge < -0.3 is 0 Å². The van der Waals surface area contributed by atoms with Crippen molar-refractivity contribution in [2.45, 2.75) is 0 Å². The Labute approximate surface area is 113 Å². The molecule has 2 rings (SSSR count). The summed E-state index contributed by atoms with van der Waals surface area (Å²) in [5, 5.41) is 0. The van der Waals surface area contributed by atoms with Crippen molar-refractivity contribution in [3.8, 4) is 0 Å². The van der Waals surface area contributed by atoms with Crippen LogP contribution in [-0.2, 0) is 10.0 Å². The highest BCUT2D eigenvalue weighted by Gasteiger charge is 2.00. The van der Waals surface area contributed by atoms with Gasteiger partial charge in [-0.05, 0) is 23.3 Å². The van der Waals surface area contributed by atoms with E-state index in [1.807, 2.05) is 54.6 Å². The van der Waals surface area contributed by atoms with Crippen molar-refractivity contribution < 1.29 is 8.42 Å². The minimum absolute atomic E-state index is 0.569. The Kier molecular flexibility index (Phi) is 4.02. The van der Waals surface area contributed by atoms with Gasteiger partial charge in [-0.25, -0.2) is 8.42 Å². The van der Waals surface area contributed by atoms with E-state index in [1.165, 1.54) is 0 Å². The van der Waals surface area contributed by atoms with Crippen molar-refractivity contribution in [3.63, 3.8) is 0 Å². The maximum absolute atomic E-state index is 11.1. The van der Waals surface area contributed by atoms with Crippen LogP contribution in [0.25, 0.3) is 12.2 Å². The largest absolute Gasteiger partial charge is 0.284 e. The fourth-order valence-electron chi connectivity index (χ4n) is 1.63. The number of rotatable bonds is 4. The van der Waals surface area contributed by atoms with Crippen molar-refractivity contribution >= 4 is 27.9 Å². The van der Waals surface area contributed by atoms with E-state index in [1.54, 1.807) is 12.1 Å². The Balaban J connectivity index is 2.09. The summed E-state index contributed by atoms with van der Waals surface area (Å²) < 4.78 is 24.6. The standard InChI is InChI=1S/C15H15NO2S/c1-19(17,18)16-15-11-9-14(10-12-15)8-7-13-5-3-2-4-6-13/h2-12,16H,1H3/b8-7+. The highest BCUT2D eigenvalue weighted by atomic mass is 32.2. The lowest BCUT2D eigenvalue weighted by atomic mass is 10.1. The smallest absolute Gasteiger partial charge is 0.229 e. The highest BCUT2D eigenvalue weighted by molar-refractivity contribution is 7.92. The lowest BCUT2D eigenvalue weighted by molar-refractivity contribution is 0.607. The SMILES string of the molecule is CS(=O)(=O)Nc1ccc(/C=C/c2ccccc2)cc1. The van der Waals surface area contributed by atoms with Gasteiger partial charge in [0.1, 0.15) is 0 Å². The van der Waals surface area contributed by atoms with Gasteiger partial charge in [-0.3, -0.25) is 4.72 Å². The zero-order chi connectivity index (χ0) is 13.7. The van der Waals surface area contributed by atoms with Crippen molar-refractivity contribution in [2.75, 3.05) is 11.0 Å². The Morgan fingerprint density at radius 1 is 0.842 bits per heavy atom. The van der Waals surface area contributed by atoms with Crippen molar-refractivity contribution in [1.82, 2.24) is 0 Å². The molecule has 1 N–H and O–H groups in total. The predicted molar refractivity (Wildman–Crippen MR) is 80.3 cm³/mol. The third-order valence-corrected chi connectivity index (χ3v) is 3.09. The van der Waals surface area contributed by atoms with Crippen LogP contribution >= 0.6 is 0 Å². The van der Waals surface area contributed by atoms with E-state index < -0.39 is 10.0 Å². The van der Waals surface area contributed by atoms with Crippen LogP contribution in [0.2, 0.25) is 0 Å².